The molecule has 0 saturated carbocycles. The molecule has 2 unspecified atom stereocenters. The first kappa shape index (κ1) is 20.1. The van der Waals surface area contributed by atoms with Crippen molar-refractivity contribution in [2.24, 2.45) is 0 Å². The highest BCUT2D eigenvalue weighted by atomic mass is 16.5. The lowest BCUT2D eigenvalue weighted by Crippen LogP contribution is -2.43. The normalized spacial score (nSPS) is 23.3. The summed E-state index contributed by atoms with van der Waals surface area (Å²) in [7, 11) is 1.65. The Kier molecular flexibility index (Phi) is 5.40. The number of benzene rings is 2. The first-order chi connectivity index (χ1) is 15.2. The summed E-state index contributed by atoms with van der Waals surface area (Å²) < 4.78 is 12.0. The molecule has 1 saturated heterocycles. The zero-order valence-electron chi connectivity index (χ0n) is 17.9. The smallest absolute Gasteiger partial charge is 0.261 e. The predicted octanol–water partition coefficient (Wildman–Crippen LogP) is 3.71. The molecule has 0 aliphatic carbocycles. The number of amides is 2. The van der Waals surface area contributed by atoms with Crippen LogP contribution in [0.25, 0.3) is 0 Å². The van der Waals surface area contributed by atoms with Crippen LogP contribution in [0, 0.1) is 0 Å². The number of para-hydroxylation sites is 1. The van der Waals surface area contributed by atoms with Gasteiger partial charge in [-0.1, -0.05) is 30.7 Å². The summed E-state index contributed by atoms with van der Waals surface area (Å²) in [5, 5.41) is 0. The van der Waals surface area contributed by atoms with Gasteiger partial charge in [0, 0.05) is 24.6 Å². The van der Waals surface area contributed by atoms with E-state index in [1.54, 1.807) is 31.4 Å². The third-order valence-electron chi connectivity index (χ3n) is 6.69. The maximum atomic E-state index is 13.0. The van der Waals surface area contributed by atoms with Crippen LogP contribution < -0.4 is 9.47 Å². The summed E-state index contributed by atoms with van der Waals surface area (Å²) in [5.41, 5.74) is 2.00. The highest BCUT2D eigenvalue weighted by molar-refractivity contribution is 6.21. The summed E-state index contributed by atoms with van der Waals surface area (Å²) in [6.07, 6.45) is 4.52. The minimum absolute atomic E-state index is 0.00193. The summed E-state index contributed by atoms with van der Waals surface area (Å²) in [5.74, 6) is 1.05. The standard InChI is InChI=1S/C25H28N2O4/c1-30-22-11-7-10-19-17(14-18(31-23(19)22)16-26-12-5-2-6-13-26)15-27-24(28)20-8-3-4-9-21(20)25(27)29/h3-4,7-11,17-18H,2,5-6,12-16H2,1H3. The van der Waals surface area contributed by atoms with E-state index < -0.39 is 0 Å². The molecule has 2 aromatic carbocycles. The highest BCUT2D eigenvalue weighted by Crippen LogP contribution is 2.43. The molecule has 0 radical (unpaired) electrons. The van der Waals surface area contributed by atoms with Crippen molar-refractivity contribution in [1.29, 1.82) is 0 Å². The van der Waals surface area contributed by atoms with Crippen LogP contribution in [0.1, 0.15) is 57.9 Å². The Morgan fingerprint density at radius 2 is 1.65 bits per heavy atom. The Balaban J connectivity index is 1.42. The van der Waals surface area contributed by atoms with Crippen LogP contribution in [0.15, 0.2) is 42.5 Å². The van der Waals surface area contributed by atoms with E-state index in [0.717, 1.165) is 37.4 Å². The second kappa shape index (κ2) is 8.35. The Morgan fingerprint density at radius 3 is 2.32 bits per heavy atom. The summed E-state index contributed by atoms with van der Waals surface area (Å²) in [4.78, 5) is 29.8. The number of hydrogen-bond acceptors (Lipinski definition) is 5. The van der Waals surface area contributed by atoms with Crippen LogP contribution >= 0.6 is 0 Å². The largest absolute Gasteiger partial charge is 0.493 e. The van der Waals surface area contributed by atoms with Gasteiger partial charge in [0.15, 0.2) is 11.5 Å². The van der Waals surface area contributed by atoms with Crippen LogP contribution in [0.5, 0.6) is 11.5 Å². The molecule has 3 heterocycles. The number of carbonyl (C=O) groups excluding carboxylic acids is 2. The lowest BCUT2D eigenvalue weighted by molar-refractivity contribution is 0.0590. The van der Waals surface area contributed by atoms with Gasteiger partial charge in [-0.15, -0.1) is 0 Å². The highest BCUT2D eigenvalue weighted by Gasteiger charge is 2.39. The molecule has 0 aromatic heterocycles. The first-order valence-corrected chi connectivity index (χ1v) is 11.2. The number of carbonyl (C=O) groups is 2. The SMILES string of the molecule is COc1cccc2c1OC(CN1CCCCC1)CC2CN1C(=O)c2ccccc2C1=O. The average Bonchev–Trinajstić information content (AvgIpc) is 3.04. The number of imide groups is 1. The lowest BCUT2D eigenvalue weighted by Gasteiger charge is -2.37. The van der Waals surface area contributed by atoms with E-state index in [1.165, 1.54) is 24.2 Å². The van der Waals surface area contributed by atoms with Crippen molar-refractivity contribution in [1.82, 2.24) is 9.80 Å². The molecule has 162 valence electrons. The molecule has 0 bridgehead atoms. The molecule has 0 N–H and O–H groups in total. The molecule has 3 aliphatic rings. The van der Waals surface area contributed by atoms with Gasteiger partial charge >= 0.3 is 0 Å². The lowest BCUT2D eigenvalue weighted by atomic mass is 9.88. The number of likely N-dealkylation sites (tertiary alicyclic amines) is 1. The Morgan fingerprint density at radius 1 is 0.935 bits per heavy atom. The quantitative estimate of drug-likeness (QED) is 0.690. The van der Waals surface area contributed by atoms with E-state index in [9.17, 15) is 9.59 Å². The van der Waals surface area contributed by atoms with Gasteiger partial charge in [-0.05, 0) is 50.6 Å². The van der Waals surface area contributed by atoms with Crippen molar-refractivity contribution >= 4 is 11.8 Å². The first-order valence-electron chi connectivity index (χ1n) is 11.2. The van der Waals surface area contributed by atoms with Crippen LogP contribution in [0.2, 0.25) is 0 Å². The van der Waals surface area contributed by atoms with E-state index in [4.69, 9.17) is 9.47 Å². The molecule has 6 heteroatoms. The van der Waals surface area contributed by atoms with Crippen molar-refractivity contribution in [3.63, 3.8) is 0 Å². The number of hydrogen-bond donors (Lipinski definition) is 0. The average molecular weight is 421 g/mol. The Bertz CT molecular complexity index is 964. The van der Waals surface area contributed by atoms with Crippen LogP contribution in [-0.2, 0) is 0 Å². The number of nitrogens with zero attached hydrogens (tertiary/aromatic N) is 2. The fourth-order valence-corrected chi connectivity index (χ4v) is 5.14. The third kappa shape index (κ3) is 3.69. The van der Waals surface area contributed by atoms with E-state index in [-0.39, 0.29) is 23.8 Å². The van der Waals surface area contributed by atoms with Crippen LogP contribution in [0.4, 0.5) is 0 Å². The zero-order chi connectivity index (χ0) is 21.4. The van der Waals surface area contributed by atoms with E-state index in [1.807, 2.05) is 18.2 Å². The monoisotopic (exact) mass is 420 g/mol. The summed E-state index contributed by atoms with van der Waals surface area (Å²) in [6.45, 7) is 3.41. The summed E-state index contributed by atoms with van der Waals surface area (Å²) in [6, 6.07) is 12.9. The maximum absolute atomic E-state index is 13.0. The van der Waals surface area contributed by atoms with Crippen molar-refractivity contribution in [3.05, 3.63) is 59.2 Å². The van der Waals surface area contributed by atoms with E-state index >= 15 is 0 Å². The number of piperidine rings is 1. The number of fused-ring (bicyclic) bond motifs is 2. The second-order valence-electron chi connectivity index (χ2n) is 8.68. The van der Waals surface area contributed by atoms with Crippen LogP contribution in [-0.4, -0.2) is 61.0 Å². The minimum atomic E-state index is -0.205. The topological polar surface area (TPSA) is 59.1 Å². The van der Waals surface area contributed by atoms with Gasteiger partial charge < -0.3 is 9.47 Å². The molecular formula is C25H28N2O4. The molecule has 1 fully saturated rings. The van der Waals surface area contributed by atoms with E-state index in [0.29, 0.717) is 23.4 Å². The van der Waals surface area contributed by atoms with Crippen molar-refractivity contribution in [2.75, 3.05) is 33.3 Å². The Hall–Kier alpha value is -2.86. The number of methoxy groups -OCH3 is 1. The molecule has 2 atom stereocenters. The van der Waals surface area contributed by atoms with Crippen LogP contribution in [0.3, 0.4) is 0 Å². The predicted molar refractivity (Wildman–Crippen MR) is 117 cm³/mol. The van der Waals surface area contributed by atoms with Gasteiger partial charge in [0.1, 0.15) is 6.10 Å². The number of rotatable bonds is 5. The molecule has 0 spiro atoms. The minimum Gasteiger partial charge on any atom is -0.493 e. The van der Waals surface area contributed by atoms with Gasteiger partial charge in [-0.3, -0.25) is 19.4 Å². The second-order valence-corrected chi connectivity index (χ2v) is 8.68. The van der Waals surface area contributed by atoms with Crippen molar-refractivity contribution in [2.45, 2.75) is 37.7 Å². The fourth-order valence-electron chi connectivity index (χ4n) is 5.14. The third-order valence-corrected chi connectivity index (χ3v) is 6.69. The van der Waals surface area contributed by atoms with Gasteiger partial charge in [0.25, 0.3) is 11.8 Å². The summed E-state index contributed by atoms with van der Waals surface area (Å²) >= 11 is 0. The van der Waals surface area contributed by atoms with Gasteiger partial charge in [-0.2, -0.15) is 0 Å². The molecular weight excluding hydrogens is 392 g/mol. The number of ether oxygens (including phenoxy) is 2. The van der Waals surface area contributed by atoms with Gasteiger partial charge in [0.2, 0.25) is 0 Å². The molecule has 2 amide bonds. The van der Waals surface area contributed by atoms with Crippen molar-refractivity contribution in [3.8, 4) is 11.5 Å². The molecule has 2 aromatic rings. The molecule has 3 aliphatic heterocycles. The van der Waals surface area contributed by atoms with Gasteiger partial charge in [-0.25, -0.2) is 0 Å². The maximum Gasteiger partial charge on any atom is 0.261 e. The zero-order valence-corrected chi connectivity index (χ0v) is 17.9. The molecule has 5 rings (SSSR count). The van der Waals surface area contributed by atoms with Crippen molar-refractivity contribution < 1.29 is 19.1 Å². The molecule has 6 nitrogen and oxygen atoms in total. The fraction of sp³-hybridized carbons (Fsp3) is 0.440. The van der Waals surface area contributed by atoms with Gasteiger partial charge in [0.05, 0.1) is 18.2 Å². The Labute approximate surface area is 182 Å². The molecule has 31 heavy (non-hydrogen) atoms. The van der Waals surface area contributed by atoms with E-state index in [2.05, 4.69) is 4.90 Å².